The normalized spacial score (nSPS) is 11.1. The minimum absolute atomic E-state index is 0.0844. The Hall–Kier alpha value is -2.17. The number of aromatic nitrogens is 2. The van der Waals surface area contributed by atoms with Gasteiger partial charge < -0.3 is 5.32 Å². The number of carbonyl (C=O) groups excluding carboxylic acids is 1. The van der Waals surface area contributed by atoms with Gasteiger partial charge in [-0.1, -0.05) is 13.8 Å². The van der Waals surface area contributed by atoms with Crippen LogP contribution in [0, 0.1) is 0 Å². The highest BCUT2D eigenvalue weighted by Crippen LogP contribution is 2.18. The number of hydrogen-bond donors (Lipinski definition) is 2. The summed E-state index contributed by atoms with van der Waals surface area (Å²) in [5, 5.41) is 6.43. The first-order valence-electron chi connectivity index (χ1n) is 6.81. The second kappa shape index (κ2) is 5.86. The van der Waals surface area contributed by atoms with Crippen LogP contribution in [0.25, 0.3) is 11.0 Å². The largest absolute Gasteiger partial charge is 0.336 e. The first-order chi connectivity index (χ1) is 9.45. The quantitative estimate of drug-likeness (QED) is 0.901. The maximum atomic E-state index is 11.7. The molecule has 0 spiro atoms. The molecule has 2 heterocycles. The van der Waals surface area contributed by atoms with Crippen LogP contribution in [0.1, 0.15) is 39.3 Å². The standard InChI is InChI=1S/C15H20N4O/c1-9(2)12-7-5-11-6-8-13(18-14(11)17-12)19-15(20)16-10(3)4/h5-10H,1-4H3,(H2,16,17,18,19,20). The molecule has 0 atom stereocenters. The van der Waals surface area contributed by atoms with Gasteiger partial charge in [0.2, 0.25) is 0 Å². The van der Waals surface area contributed by atoms with Gasteiger partial charge in [0.1, 0.15) is 5.82 Å². The molecule has 2 aromatic heterocycles. The van der Waals surface area contributed by atoms with Crippen molar-refractivity contribution in [2.75, 3.05) is 5.32 Å². The van der Waals surface area contributed by atoms with E-state index in [1.165, 1.54) is 0 Å². The van der Waals surface area contributed by atoms with E-state index in [2.05, 4.69) is 34.4 Å². The third-order valence-corrected chi connectivity index (χ3v) is 2.83. The van der Waals surface area contributed by atoms with Crippen LogP contribution < -0.4 is 10.6 Å². The van der Waals surface area contributed by atoms with E-state index in [0.29, 0.717) is 17.4 Å². The Balaban J connectivity index is 2.25. The molecule has 5 nitrogen and oxygen atoms in total. The van der Waals surface area contributed by atoms with Gasteiger partial charge in [0.15, 0.2) is 5.65 Å². The van der Waals surface area contributed by atoms with Crippen LogP contribution in [0.4, 0.5) is 10.6 Å². The van der Waals surface area contributed by atoms with Crippen molar-refractivity contribution in [1.29, 1.82) is 0 Å². The summed E-state index contributed by atoms with van der Waals surface area (Å²) < 4.78 is 0. The highest BCUT2D eigenvalue weighted by atomic mass is 16.2. The van der Waals surface area contributed by atoms with E-state index in [9.17, 15) is 4.79 Å². The van der Waals surface area contributed by atoms with Gasteiger partial charge in [0.05, 0.1) is 0 Å². The van der Waals surface area contributed by atoms with Crippen LogP contribution in [0.2, 0.25) is 0 Å². The van der Waals surface area contributed by atoms with E-state index in [4.69, 9.17) is 0 Å². The number of amides is 2. The molecule has 0 aliphatic carbocycles. The van der Waals surface area contributed by atoms with E-state index >= 15 is 0 Å². The van der Waals surface area contributed by atoms with Gasteiger partial charge in [-0.05, 0) is 44.0 Å². The highest BCUT2D eigenvalue weighted by molar-refractivity contribution is 5.89. The summed E-state index contributed by atoms with van der Waals surface area (Å²) in [5.74, 6) is 0.853. The van der Waals surface area contributed by atoms with Gasteiger partial charge >= 0.3 is 6.03 Å². The van der Waals surface area contributed by atoms with Gasteiger partial charge in [-0.15, -0.1) is 0 Å². The van der Waals surface area contributed by atoms with Crippen LogP contribution in [0.5, 0.6) is 0 Å². The monoisotopic (exact) mass is 272 g/mol. The molecule has 106 valence electrons. The topological polar surface area (TPSA) is 66.9 Å². The number of rotatable bonds is 3. The molecule has 2 rings (SSSR count). The Morgan fingerprint density at radius 2 is 1.75 bits per heavy atom. The molecule has 0 bridgehead atoms. The zero-order valence-corrected chi connectivity index (χ0v) is 12.3. The summed E-state index contributed by atoms with van der Waals surface area (Å²) in [6.45, 7) is 7.99. The summed E-state index contributed by atoms with van der Waals surface area (Å²) in [6.07, 6.45) is 0. The summed E-state index contributed by atoms with van der Waals surface area (Å²) in [7, 11) is 0. The van der Waals surface area contributed by atoms with Crippen molar-refractivity contribution in [3.63, 3.8) is 0 Å². The summed E-state index contributed by atoms with van der Waals surface area (Å²) >= 11 is 0. The van der Waals surface area contributed by atoms with Gasteiger partial charge in [0, 0.05) is 17.1 Å². The van der Waals surface area contributed by atoms with Gasteiger partial charge in [-0.25, -0.2) is 14.8 Å². The Labute approximate surface area is 118 Å². The number of carbonyl (C=O) groups is 1. The molecule has 0 saturated carbocycles. The second-order valence-electron chi connectivity index (χ2n) is 5.39. The molecule has 5 heteroatoms. The van der Waals surface area contributed by atoms with Crippen molar-refractivity contribution >= 4 is 22.9 Å². The Kier molecular flexibility index (Phi) is 4.17. The molecular formula is C15H20N4O. The summed E-state index contributed by atoms with van der Waals surface area (Å²) in [4.78, 5) is 20.6. The molecule has 0 aliphatic rings. The maximum Gasteiger partial charge on any atom is 0.320 e. The van der Waals surface area contributed by atoms with Gasteiger partial charge in [-0.3, -0.25) is 5.32 Å². The molecule has 0 fully saturated rings. The van der Waals surface area contributed by atoms with Crippen LogP contribution in [-0.2, 0) is 0 Å². The fraction of sp³-hybridized carbons (Fsp3) is 0.400. The number of nitrogens with zero attached hydrogens (tertiary/aromatic N) is 2. The van der Waals surface area contributed by atoms with E-state index < -0.39 is 0 Å². The smallest absolute Gasteiger partial charge is 0.320 e. The molecule has 0 aliphatic heterocycles. The summed E-state index contributed by atoms with van der Waals surface area (Å²) in [6, 6.07) is 7.52. The van der Waals surface area contributed by atoms with Crippen LogP contribution in [0.3, 0.4) is 0 Å². The second-order valence-corrected chi connectivity index (χ2v) is 5.39. The Morgan fingerprint density at radius 1 is 1.05 bits per heavy atom. The Bertz CT molecular complexity index is 622. The third kappa shape index (κ3) is 3.44. The average Bonchev–Trinajstić information content (AvgIpc) is 2.36. The lowest BCUT2D eigenvalue weighted by atomic mass is 10.1. The van der Waals surface area contributed by atoms with Crippen molar-refractivity contribution in [2.24, 2.45) is 0 Å². The zero-order valence-electron chi connectivity index (χ0n) is 12.3. The maximum absolute atomic E-state index is 11.7. The molecule has 0 saturated heterocycles. The fourth-order valence-corrected chi connectivity index (χ4v) is 1.82. The Morgan fingerprint density at radius 3 is 2.40 bits per heavy atom. The number of anilines is 1. The van der Waals surface area contributed by atoms with E-state index in [0.717, 1.165) is 11.1 Å². The van der Waals surface area contributed by atoms with E-state index in [1.54, 1.807) is 6.07 Å². The number of pyridine rings is 2. The molecule has 2 N–H and O–H groups in total. The van der Waals surface area contributed by atoms with E-state index in [-0.39, 0.29) is 12.1 Å². The summed E-state index contributed by atoms with van der Waals surface area (Å²) in [5.41, 5.74) is 1.65. The minimum atomic E-state index is -0.258. The lowest BCUT2D eigenvalue weighted by molar-refractivity contribution is 0.250. The van der Waals surface area contributed by atoms with Crippen molar-refractivity contribution in [3.05, 3.63) is 30.0 Å². The number of nitrogens with one attached hydrogen (secondary N) is 2. The predicted molar refractivity (Wildman–Crippen MR) is 80.9 cm³/mol. The SMILES string of the molecule is CC(C)NC(=O)Nc1ccc2ccc(C(C)C)nc2n1. The van der Waals surface area contributed by atoms with Gasteiger partial charge in [-0.2, -0.15) is 0 Å². The lowest BCUT2D eigenvalue weighted by Crippen LogP contribution is -2.34. The van der Waals surface area contributed by atoms with Crippen molar-refractivity contribution in [3.8, 4) is 0 Å². The molecule has 0 aromatic carbocycles. The van der Waals surface area contributed by atoms with Gasteiger partial charge in [0.25, 0.3) is 0 Å². The number of hydrogen-bond acceptors (Lipinski definition) is 3. The van der Waals surface area contributed by atoms with Crippen LogP contribution >= 0.6 is 0 Å². The first kappa shape index (κ1) is 14.2. The lowest BCUT2D eigenvalue weighted by Gasteiger charge is -2.10. The number of urea groups is 1. The van der Waals surface area contributed by atoms with Crippen LogP contribution in [-0.4, -0.2) is 22.0 Å². The number of fused-ring (bicyclic) bond motifs is 1. The van der Waals surface area contributed by atoms with Crippen LogP contribution in [0.15, 0.2) is 24.3 Å². The molecular weight excluding hydrogens is 252 g/mol. The third-order valence-electron chi connectivity index (χ3n) is 2.83. The van der Waals surface area contributed by atoms with Crippen molar-refractivity contribution < 1.29 is 4.79 Å². The fourth-order valence-electron chi connectivity index (χ4n) is 1.82. The van der Waals surface area contributed by atoms with Crippen molar-refractivity contribution in [1.82, 2.24) is 15.3 Å². The average molecular weight is 272 g/mol. The molecule has 0 unspecified atom stereocenters. The molecule has 0 radical (unpaired) electrons. The zero-order chi connectivity index (χ0) is 14.7. The minimum Gasteiger partial charge on any atom is -0.336 e. The molecule has 2 amide bonds. The first-order valence-corrected chi connectivity index (χ1v) is 6.81. The predicted octanol–water partition coefficient (Wildman–Crippen LogP) is 3.28. The molecule has 20 heavy (non-hydrogen) atoms. The van der Waals surface area contributed by atoms with Crippen molar-refractivity contribution in [2.45, 2.75) is 39.7 Å². The molecule has 2 aromatic rings. The van der Waals surface area contributed by atoms with E-state index in [1.807, 2.05) is 32.0 Å². The highest BCUT2D eigenvalue weighted by Gasteiger charge is 2.07.